The summed E-state index contributed by atoms with van der Waals surface area (Å²) < 4.78 is 0. The number of benzene rings is 2. The standard InChI is InChI=1S/C13H10BrN.BrH/c14-13-11-4-2-1-3-9(11)10-6-5-8(15)7-12(10)13;/h1-7,13H,15H2;1H. The van der Waals surface area contributed by atoms with E-state index in [0.29, 0.717) is 0 Å². The third-order valence-electron chi connectivity index (χ3n) is 2.87. The highest BCUT2D eigenvalue weighted by Gasteiger charge is 2.25. The lowest BCUT2D eigenvalue weighted by Crippen LogP contribution is -1.89. The Balaban J connectivity index is 0.000000963. The van der Waals surface area contributed by atoms with E-state index in [1.54, 1.807) is 0 Å². The maximum atomic E-state index is 5.81. The Labute approximate surface area is 114 Å². The molecule has 1 aliphatic carbocycles. The van der Waals surface area contributed by atoms with Gasteiger partial charge in [-0.25, -0.2) is 0 Å². The third kappa shape index (κ3) is 1.59. The van der Waals surface area contributed by atoms with Crippen LogP contribution in [0.15, 0.2) is 42.5 Å². The molecule has 1 nitrogen and oxygen atoms in total. The number of rotatable bonds is 0. The van der Waals surface area contributed by atoms with Crippen molar-refractivity contribution in [3.8, 4) is 11.1 Å². The van der Waals surface area contributed by atoms with Crippen LogP contribution in [-0.2, 0) is 0 Å². The number of fused-ring (bicyclic) bond motifs is 3. The zero-order chi connectivity index (χ0) is 10.4. The molecule has 0 bridgehead atoms. The molecule has 2 aromatic carbocycles. The van der Waals surface area contributed by atoms with Crippen molar-refractivity contribution in [1.82, 2.24) is 0 Å². The number of alkyl halides is 1. The average molecular weight is 341 g/mol. The van der Waals surface area contributed by atoms with Crippen LogP contribution in [0.1, 0.15) is 16.0 Å². The Morgan fingerprint density at radius 2 is 1.62 bits per heavy atom. The second-order valence-electron chi connectivity index (χ2n) is 3.80. The summed E-state index contributed by atoms with van der Waals surface area (Å²) in [7, 11) is 0. The highest BCUT2D eigenvalue weighted by Crippen LogP contribution is 2.48. The summed E-state index contributed by atoms with van der Waals surface area (Å²) >= 11 is 3.71. The lowest BCUT2D eigenvalue weighted by atomic mass is 10.1. The topological polar surface area (TPSA) is 26.0 Å². The van der Waals surface area contributed by atoms with Gasteiger partial charge >= 0.3 is 0 Å². The fourth-order valence-corrected chi connectivity index (χ4v) is 2.95. The van der Waals surface area contributed by atoms with E-state index in [1.165, 1.54) is 22.3 Å². The minimum atomic E-state index is 0. The van der Waals surface area contributed by atoms with Crippen LogP contribution in [0.2, 0.25) is 0 Å². The SMILES string of the molecule is Br.Nc1ccc2c(c1)C(Br)c1ccccc1-2. The second-order valence-corrected chi connectivity index (χ2v) is 4.71. The molecule has 0 heterocycles. The second kappa shape index (κ2) is 4.22. The first-order chi connectivity index (χ1) is 7.27. The van der Waals surface area contributed by atoms with Crippen molar-refractivity contribution in [2.24, 2.45) is 0 Å². The smallest absolute Gasteiger partial charge is 0.0657 e. The predicted octanol–water partition coefficient (Wildman–Crippen LogP) is 4.31. The summed E-state index contributed by atoms with van der Waals surface area (Å²) in [5.41, 5.74) is 11.8. The summed E-state index contributed by atoms with van der Waals surface area (Å²) in [5, 5.41) is 0. The van der Waals surface area contributed by atoms with Crippen LogP contribution in [0.5, 0.6) is 0 Å². The molecule has 16 heavy (non-hydrogen) atoms. The monoisotopic (exact) mass is 339 g/mol. The Morgan fingerprint density at radius 3 is 2.44 bits per heavy atom. The first-order valence-corrected chi connectivity index (χ1v) is 5.82. The van der Waals surface area contributed by atoms with Crippen LogP contribution < -0.4 is 5.73 Å². The van der Waals surface area contributed by atoms with E-state index >= 15 is 0 Å². The average Bonchev–Trinajstić information content (AvgIpc) is 2.54. The molecule has 0 saturated heterocycles. The molecule has 2 aromatic rings. The van der Waals surface area contributed by atoms with Crippen molar-refractivity contribution < 1.29 is 0 Å². The van der Waals surface area contributed by atoms with Gasteiger partial charge < -0.3 is 5.73 Å². The molecule has 0 aliphatic heterocycles. The molecule has 1 atom stereocenters. The van der Waals surface area contributed by atoms with Gasteiger partial charge in [-0.15, -0.1) is 17.0 Å². The number of halogens is 2. The highest BCUT2D eigenvalue weighted by molar-refractivity contribution is 9.09. The summed E-state index contributed by atoms with van der Waals surface area (Å²) in [6, 6.07) is 14.6. The van der Waals surface area contributed by atoms with Crippen LogP contribution in [0.4, 0.5) is 5.69 Å². The highest BCUT2D eigenvalue weighted by atomic mass is 79.9. The Bertz CT molecular complexity index is 537. The first-order valence-electron chi connectivity index (χ1n) is 4.90. The van der Waals surface area contributed by atoms with Gasteiger partial charge in [-0.3, -0.25) is 0 Å². The van der Waals surface area contributed by atoms with E-state index in [4.69, 9.17) is 5.73 Å². The lowest BCUT2D eigenvalue weighted by molar-refractivity contribution is 1.25. The van der Waals surface area contributed by atoms with Crippen molar-refractivity contribution in [3.05, 3.63) is 53.6 Å². The van der Waals surface area contributed by atoms with Crippen molar-refractivity contribution in [3.63, 3.8) is 0 Å². The Kier molecular flexibility index (Phi) is 3.08. The summed E-state index contributed by atoms with van der Waals surface area (Å²) in [6.45, 7) is 0. The van der Waals surface area contributed by atoms with Gasteiger partial charge in [0.1, 0.15) is 0 Å². The number of nitrogen functional groups attached to an aromatic ring is 1. The van der Waals surface area contributed by atoms with E-state index in [0.717, 1.165) is 5.69 Å². The number of nitrogens with two attached hydrogens (primary N) is 1. The lowest BCUT2D eigenvalue weighted by Gasteiger charge is -2.04. The van der Waals surface area contributed by atoms with Crippen LogP contribution in [0.25, 0.3) is 11.1 Å². The van der Waals surface area contributed by atoms with Crippen molar-refractivity contribution >= 4 is 38.6 Å². The Morgan fingerprint density at radius 1 is 0.938 bits per heavy atom. The molecule has 0 saturated carbocycles. The van der Waals surface area contributed by atoms with E-state index < -0.39 is 0 Å². The van der Waals surface area contributed by atoms with Crippen molar-refractivity contribution in [2.75, 3.05) is 5.73 Å². The molecule has 0 radical (unpaired) electrons. The predicted molar refractivity (Wildman–Crippen MR) is 77.4 cm³/mol. The Hall–Kier alpha value is -0.800. The first kappa shape index (κ1) is 11.7. The van der Waals surface area contributed by atoms with Crippen molar-refractivity contribution in [1.29, 1.82) is 0 Å². The van der Waals surface area contributed by atoms with Gasteiger partial charge in [0.2, 0.25) is 0 Å². The van der Waals surface area contributed by atoms with Gasteiger partial charge in [0.25, 0.3) is 0 Å². The molecule has 82 valence electrons. The van der Waals surface area contributed by atoms with Gasteiger partial charge in [0.15, 0.2) is 0 Å². The van der Waals surface area contributed by atoms with E-state index in [1.807, 2.05) is 6.07 Å². The van der Waals surface area contributed by atoms with Crippen LogP contribution in [-0.4, -0.2) is 0 Å². The quantitative estimate of drug-likeness (QED) is 0.561. The minimum Gasteiger partial charge on any atom is -0.399 e. The fraction of sp³-hybridized carbons (Fsp3) is 0.0769. The van der Waals surface area contributed by atoms with Crippen LogP contribution in [0, 0.1) is 0 Å². The van der Waals surface area contributed by atoms with Gasteiger partial charge in [0.05, 0.1) is 4.83 Å². The van der Waals surface area contributed by atoms with E-state index in [2.05, 4.69) is 52.3 Å². The van der Waals surface area contributed by atoms with Crippen LogP contribution >= 0.6 is 32.9 Å². The van der Waals surface area contributed by atoms with Crippen molar-refractivity contribution in [2.45, 2.75) is 4.83 Å². The number of hydrogen-bond donors (Lipinski definition) is 1. The molecule has 0 spiro atoms. The summed E-state index contributed by atoms with van der Waals surface area (Å²) in [6.07, 6.45) is 0. The molecule has 1 aliphatic rings. The minimum absolute atomic E-state index is 0. The van der Waals surface area contributed by atoms with Gasteiger partial charge in [0, 0.05) is 5.69 Å². The summed E-state index contributed by atoms with van der Waals surface area (Å²) in [4.78, 5) is 0.284. The zero-order valence-electron chi connectivity index (χ0n) is 8.48. The summed E-state index contributed by atoms with van der Waals surface area (Å²) in [5.74, 6) is 0. The van der Waals surface area contributed by atoms with Gasteiger partial charge in [-0.1, -0.05) is 46.3 Å². The maximum Gasteiger partial charge on any atom is 0.0657 e. The molecule has 3 heteroatoms. The van der Waals surface area contributed by atoms with E-state index in [9.17, 15) is 0 Å². The maximum absolute atomic E-state index is 5.81. The van der Waals surface area contributed by atoms with Gasteiger partial charge in [-0.2, -0.15) is 0 Å². The zero-order valence-corrected chi connectivity index (χ0v) is 11.8. The molecular formula is C13H11Br2N. The van der Waals surface area contributed by atoms with E-state index in [-0.39, 0.29) is 21.8 Å². The fourth-order valence-electron chi connectivity index (χ4n) is 2.17. The normalized spacial score (nSPS) is 16.2. The van der Waals surface area contributed by atoms with Gasteiger partial charge in [-0.05, 0) is 34.4 Å². The molecule has 0 fully saturated rings. The molecule has 0 aromatic heterocycles. The number of anilines is 1. The molecule has 0 amide bonds. The third-order valence-corrected chi connectivity index (χ3v) is 3.86. The molecular weight excluding hydrogens is 330 g/mol. The number of hydrogen-bond acceptors (Lipinski definition) is 1. The molecule has 1 unspecified atom stereocenters. The largest absolute Gasteiger partial charge is 0.399 e. The molecule has 3 rings (SSSR count). The van der Waals surface area contributed by atoms with Crippen LogP contribution in [0.3, 0.4) is 0 Å². The molecule has 2 N–H and O–H groups in total.